The topological polar surface area (TPSA) is 35.3 Å². The zero-order valence-corrected chi connectivity index (χ0v) is 13.5. The van der Waals surface area contributed by atoms with E-state index >= 15 is 0 Å². The number of nitrogens with zero attached hydrogens (tertiary/aromatic N) is 1. The number of fused-ring (bicyclic) bond motifs is 1. The van der Waals surface area contributed by atoms with Gasteiger partial charge < -0.3 is 9.15 Å². The first-order valence-corrected chi connectivity index (χ1v) is 7.99. The van der Waals surface area contributed by atoms with E-state index in [0.717, 1.165) is 28.0 Å². The molecule has 3 nitrogen and oxygen atoms in total. The number of hydrogen-bond acceptors (Lipinski definition) is 3. The molecular weight excluding hydrogens is 322 g/mol. The van der Waals surface area contributed by atoms with Gasteiger partial charge in [0.05, 0.1) is 0 Å². The molecule has 118 valence electrons. The molecule has 1 aromatic heterocycles. The van der Waals surface area contributed by atoms with Gasteiger partial charge in [0.15, 0.2) is 5.58 Å². The smallest absolute Gasteiger partial charge is 0.227 e. The number of oxazole rings is 1. The van der Waals surface area contributed by atoms with Crippen molar-refractivity contribution in [2.24, 2.45) is 0 Å². The Hall–Kier alpha value is -2.78. The molecule has 0 radical (unpaired) electrons. The molecule has 24 heavy (non-hydrogen) atoms. The number of rotatable bonds is 4. The molecule has 4 aromatic rings. The molecule has 1 heterocycles. The highest BCUT2D eigenvalue weighted by Crippen LogP contribution is 2.26. The van der Waals surface area contributed by atoms with Crippen LogP contribution in [0.2, 0.25) is 5.02 Å². The Balaban J connectivity index is 1.51. The summed E-state index contributed by atoms with van der Waals surface area (Å²) in [5.41, 5.74) is 3.51. The predicted molar refractivity (Wildman–Crippen MR) is 95.2 cm³/mol. The maximum Gasteiger partial charge on any atom is 0.227 e. The summed E-state index contributed by atoms with van der Waals surface area (Å²) in [5.74, 6) is 1.38. The number of halogens is 1. The van der Waals surface area contributed by atoms with Crippen molar-refractivity contribution < 1.29 is 9.15 Å². The van der Waals surface area contributed by atoms with Gasteiger partial charge in [0.2, 0.25) is 5.89 Å². The number of aromatic nitrogens is 1. The summed E-state index contributed by atoms with van der Waals surface area (Å²) >= 11 is 6.13. The Kier molecular flexibility index (Phi) is 3.93. The van der Waals surface area contributed by atoms with Gasteiger partial charge in [0, 0.05) is 16.1 Å². The van der Waals surface area contributed by atoms with Crippen LogP contribution in [-0.2, 0) is 6.61 Å². The number of benzene rings is 3. The fourth-order valence-electron chi connectivity index (χ4n) is 2.47. The van der Waals surface area contributed by atoms with Gasteiger partial charge in [0.1, 0.15) is 17.9 Å². The van der Waals surface area contributed by atoms with Crippen molar-refractivity contribution in [3.8, 4) is 17.2 Å². The molecule has 0 aliphatic heterocycles. The van der Waals surface area contributed by atoms with Crippen molar-refractivity contribution in [3.63, 3.8) is 0 Å². The van der Waals surface area contributed by atoms with E-state index in [1.807, 2.05) is 72.8 Å². The molecule has 0 unspecified atom stereocenters. The van der Waals surface area contributed by atoms with Crippen LogP contribution in [0.15, 0.2) is 77.2 Å². The average Bonchev–Trinajstić information content (AvgIpc) is 3.06. The second-order valence-corrected chi connectivity index (χ2v) is 5.80. The third-order valence-electron chi connectivity index (χ3n) is 3.75. The summed E-state index contributed by atoms with van der Waals surface area (Å²) < 4.78 is 11.6. The minimum atomic E-state index is 0.432. The highest BCUT2D eigenvalue weighted by Gasteiger charge is 2.08. The van der Waals surface area contributed by atoms with Crippen molar-refractivity contribution in [2.45, 2.75) is 6.61 Å². The van der Waals surface area contributed by atoms with Crippen molar-refractivity contribution in [1.82, 2.24) is 4.98 Å². The van der Waals surface area contributed by atoms with E-state index in [-0.39, 0.29) is 0 Å². The number of hydrogen-bond donors (Lipinski definition) is 0. The summed E-state index contributed by atoms with van der Waals surface area (Å²) in [4.78, 5) is 4.49. The first-order chi connectivity index (χ1) is 11.8. The van der Waals surface area contributed by atoms with Gasteiger partial charge in [-0.3, -0.25) is 0 Å². The standard InChI is InChI=1S/C20H14ClNO2/c21-17-6-2-1-5-15(17)13-23-16-11-9-14(10-12-16)20-22-18-7-3-4-8-19(18)24-20/h1-12H,13H2. The lowest BCUT2D eigenvalue weighted by Crippen LogP contribution is -1.95. The molecule has 0 bridgehead atoms. The SMILES string of the molecule is Clc1ccccc1COc1ccc(-c2nc3ccccc3o2)cc1. The molecule has 0 fully saturated rings. The van der Waals surface area contributed by atoms with E-state index in [9.17, 15) is 0 Å². The highest BCUT2D eigenvalue weighted by atomic mass is 35.5. The Morgan fingerprint density at radius 3 is 2.42 bits per heavy atom. The monoisotopic (exact) mass is 335 g/mol. The van der Waals surface area contributed by atoms with Crippen molar-refractivity contribution in [1.29, 1.82) is 0 Å². The van der Waals surface area contributed by atoms with Crippen LogP contribution < -0.4 is 4.74 Å². The van der Waals surface area contributed by atoms with Gasteiger partial charge in [-0.1, -0.05) is 41.9 Å². The van der Waals surface area contributed by atoms with E-state index in [4.69, 9.17) is 20.8 Å². The fourth-order valence-corrected chi connectivity index (χ4v) is 2.66. The maximum absolute atomic E-state index is 6.13. The zero-order chi connectivity index (χ0) is 16.4. The lowest BCUT2D eigenvalue weighted by atomic mass is 10.2. The van der Waals surface area contributed by atoms with Gasteiger partial charge in [0.25, 0.3) is 0 Å². The number of ether oxygens (including phenoxy) is 1. The molecule has 0 saturated heterocycles. The first kappa shape index (κ1) is 14.8. The summed E-state index contributed by atoms with van der Waals surface area (Å²) in [6.45, 7) is 0.432. The van der Waals surface area contributed by atoms with Gasteiger partial charge in [-0.25, -0.2) is 4.98 Å². The van der Waals surface area contributed by atoms with Gasteiger partial charge >= 0.3 is 0 Å². The molecule has 0 saturated carbocycles. The van der Waals surface area contributed by atoms with E-state index < -0.39 is 0 Å². The third kappa shape index (κ3) is 2.99. The van der Waals surface area contributed by atoms with Crippen LogP contribution in [0, 0.1) is 0 Å². The molecular formula is C20H14ClNO2. The van der Waals surface area contributed by atoms with Crippen molar-refractivity contribution in [3.05, 3.63) is 83.4 Å². The van der Waals surface area contributed by atoms with Crippen molar-refractivity contribution >= 4 is 22.7 Å². The predicted octanol–water partition coefficient (Wildman–Crippen LogP) is 5.73. The van der Waals surface area contributed by atoms with Gasteiger partial charge in [-0.05, 0) is 42.5 Å². The molecule has 0 amide bonds. The quantitative estimate of drug-likeness (QED) is 0.478. The van der Waals surface area contributed by atoms with Crippen LogP contribution in [0.3, 0.4) is 0 Å². The Morgan fingerprint density at radius 1 is 0.875 bits per heavy atom. The van der Waals surface area contributed by atoms with Crippen LogP contribution in [0.5, 0.6) is 5.75 Å². The van der Waals surface area contributed by atoms with Gasteiger partial charge in [-0.15, -0.1) is 0 Å². The number of para-hydroxylation sites is 2. The van der Waals surface area contributed by atoms with E-state index in [1.54, 1.807) is 0 Å². The molecule has 4 heteroatoms. The Morgan fingerprint density at radius 2 is 1.62 bits per heavy atom. The third-order valence-corrected chi connectivity index (χ3v) is 4.12. The van der Waals surface area contributed by atoms with Crippen LogP contribution in [0.25, 0.3) is 22.6 Å². The normalized spacial score (nSPS) is 10.9. The highest BCUT2D eigenvalue weighted by molar-refractivity contribution is 6.31. The Bertz CT molecular complexity index is 943. The Labute approximate surface area is 144 Å². The summed E-state index contributed by atoms with van der Waals surface area (Å²) in [7, 11) is 0. The van der Waals surface area contributed by atoms with Crippen molar-refractivity contribution in [2.75, 3.05) is 0 Å². The van der Waals surface area contributed by atoms with Crippen LogP contribution in [0.4, 0.5) is 0 Å². The van der Waals surface area contributed by atoms with Crippen LogP contribution >= 0.6 is 11.6 Å². The molecule has 0 N–H and O–H groups in total. The van der Waals surface area contributed by atoms with E-state index in [2.05, 4.69) is 4.98 Å². The fraction of sp³-hybridized carbons (Fsp3) is 0.0500. The average molecular weight is 336 g/mol. The van der Waals surface area contributed by atoms with Crippen LogP contribution in [0.1, 0.15) is 5.56 Å². The summed E-state index contributed by atoms with van der Waals surface area (Å²) in [5, 5.41) is 0.709. The molecule has 3 aromatic carbocycles. The second kappa shape index (κ2) is 6.38. The lowest BCUT2D eigenvalue weighted by molar-refractivity contribution is 0.306. The van der Waals surface area contributed by atoms with E-state index in [0.29, 0.717) is 17.5 Å². The first-order valence-electron chi connectivity index (χ1n) is 7.62. The zero-order valence-electron chi connectivity index (χ0n) is 12.8. The van der Waals surface area contributed by atoms with Crippen LogP contribution in [-0.4, -0.2) is 4.98 Å². The summed E-state index contributed by atoms with van der Waals surface area (Å²) in [6, 6.07) is 23.1. The second-order valence-electron chi connectivity index (χ2n) is 5.39. The minimum absolute atomic E-state index is 0.432. The largest absolute Gasteiger partial charge is 0.489 e. The molecule has 0 atom stereocenters. The van der Waals surface area contributed by atoms with E-state index in [1.165, 1.54) is 0 Å². The summed E-state index contributed by atoms with van der Waals surface area (Å²) in [6.07, 6.45) is 0. The van der Waals surface area contributed by atoms with Gasteiger partial charge in [-0.2, -0.15) is 0 Å². The molecule has 0 aliphatic rings. The molecule has 0 aliphatic carbocycles. The maximum atomic E-state index is 6.13. The lowest BCUT2D eigenvalue weighted by Gasteiger charge is -2.07. The minimum Gasteiger partial charge on any atom is -0.489 e. The molecule has 0 spiro atoms. The molecule has 4 rings (SSSR count).